The number of hydrogen-bond acceptors (Lipinski definition) is 4. The zero-order valence-corrected chi connectivity index (χ0v) is 15.1. The van der Waals surface area contributed by atoms with Gasteiger partial charge in [-0.15, -0.1) is 10.2 Å². The second kappa shape index (κ2) is 7.28. The van der Waals surface area contributed by atoms with Crippen LogP contribution in [0.15, 0.2) is 71.1 Å². The van der Waals surface area contributed by atoms with Crippen LogP contribution in [0, 0.1) is 0 Å². The summed E-state index contributed by atoms with van der Waals surface area (Å²) in [5.41, 5.74) is 2.00. The second-order valence-electron chi connectivity index (χ2n) is 6.33. The Morgan fingerprint density at radius 3 is 2.50 bits per heavy atom. The fraction of sp³-hybridized carbons (Fsp3) is 0.143. The highest BCUT2D eigenvalue weighted by Crippen LogP contribution is 2.26. The quantitative estimate of drug-likeness (QED) is 0.490. The molecule has 4 aromatic rings. The monoisotopic (exact) mass is 363 g/mol. The number of benzene rings is 3. The Kier molecular flexibility index (Phi) is 4.69. The molecule has 3 aromatic carbocycles. The number of fused-ring (bicyclic) bond motifs is 1. The van der Waals surface area contributed by atoms with Crippen LogP contribution in [0.5, 0.6) is 0 Å². The van der Waals surface area contributed by atoms with Crippen molar-refractivity contribution in [2.45, 2.75) is 13.1 Å². The van der Waals surface area contributed by atoms with Crippen LogP contribution in [0.3, 0.4) is 0 Å². The topological polar surface area (TPSA) is 42.2 Å². The number of rotatable bonds is 5. The van der Waals surface area contributed by atoms with Crippen molar-refractivity contribution in [3.8, 4) is 11.5 Å². The van der Waals surface area contributed by atoms with Crippen LogP contribution in [0.4, 0.5) is 0 Å². The van der Waals surface area contributed by atoms with Crippen molar-refractivity contribution in [2.75, 3.05) is 7.05 Å². The van der Waals surface area contributed by atoms with Gasteiger partial charge < -0.3 is 4.42 Å². The zero-order chi connectivity index (χ0) is 17.9. The van der Waals surface area contributed by atoms with Gasteiger partial charge in [0.2, 0.25) is 11.8 Å². The average molecular weight is 364 g/mol. The van der Waals surface area contributed by atoms with Crippen molar-refractivity contribution in [3.05, 3.63) is 83.2 Å². The number of nitrogens with zero attached hydrogens (tertiary/aromatic N) is 3. The molecule has 0 aliphatic rings. The van der Waals surface area contributed by atoms with Crippen LogP contribution in [0.25, 0.3) is 22.2 Å². The van der Waals surface area contributed by atoms with Gasteiger partial charge in [-0.3, -0.25) is 4.90 Å². The molecule has 0 N–H and O–H groups in total. The maximum Gasteiger partial charge on any atom is 0.249 e. The molecule has 0 spiro atoms. The highest BCUT2D eigenvalue weighted by molar-refractivity contribution is 6.33. The van der Waals surface area contributed by atoms with Crippen molar-refractivity contribution in [1.29, 1.82) is 0 Å². The Hall–Kier alpha value is -2.69. The van der Waals surface area contributed by atoms with Gasteiger partial charge in [0.15, 0.2) is 0 Å². The molecule has 1 heterocycles. The third-order valence-electron chi connectivity index (χ3n) is 4.24. The maximum atomic E-state index is 6.19. The predicted molar refractivity (Wildman–Crippen MR) is 104 cm³/mol. The van der Waals surface area contributed by atoms with Gasteiger partial charge in [0.1, 0.15) is 0 Å². The summed E-state index contributed by atoms with van der Waals surface area (Å²) < 4.78 is 5.78. The second-order valence-corrected chi connectivity index (χ2v) is 6.74. The van der Waals surface area contributed by atoms with Gasteiger partial charge in [-0.25, -0.2) is 0 Å². The smallest absolute Gasteiger partial charge is 0.249 e. The summed E-state index contributed by atoms with van der Waals surface area (Å²) in [6, 6.07) is 22.4. The number of hydrogen-bond donors (Lipinski definition) is 0. The van der Waals surface area contributed by atoms with E-state index in [1.54, 1.807) is 0 Å². The van der Waals surface area contributed by atoms with E-state index in [0.717, 1.165) is 12.1 Å². The van der Waals surface area contributed by atoms with Gasteiger partial charge in [-0.05, 0) is 41.6 Å². The summed E-state index contributed by atoms with van der Waals surface area (Å²) in [5, 5.41) is 11.4. The molecular formula is C21H18ClN3O. The van der Waals surface area contributed by atoms with E-state index in [1.165, 1.54) is 16.3 Å². The molecule has 0 atom stereocenters. The molecule has 26 heavy (non-hydrogen) atoms. The van der Waals surface area contributed by atoms with E-state index >= 15 is 0 Å². The molecule has 4 nitrogen and oxygen atoms in total. The van der Waals surface area contributed by atoms with E-state index < -0.39 is 0 Å². The first-order valence-corrected chi connectivity index (χ1v) is 8.80. The first kappa shape index (κ1) is 16.8. The van der Waals surface area contributed by atoms with Crippen molar-refractivity contribution < 1.29 is 4.42 Å². The standard InChI is InChI=1S/C21H18ClN3O/c1-25(13-15-10-11-16-6-2-3-7-17(16)12-15)14-20-23-24-21(26-20)18-8-4-5-9-19(18)22/h2-12H,13-14H2,1H3. The summed E-state index contributed by atoms with van der Waals surface area (Å²) in [6.07, 6.45) is 0. The molecule has 4 rings (SSSR count). The van der Waals surface area contributed by atoms with Crippen LogP contribution in [0.2, 0.25) is 5.02 Å². The van der Waals surface area contributed by atoms with Crippen molar-refractivity contribution >= 4 is 22.4 Å². The van der Waals surface area contributed by atoms with Gasteiger partial charge in [0, 0.05) is 6.54 Å². The van der Waals surface area contributed by atoms with Crippen molar-refractivity contribution in [3.63, 3.8) is 0 Å². The van der Waals surface area contributed by atoms with E-state index in [-0.39, 0.29) is 0 Å². The molecule has 0 aliphatic heterocycles. The SMILES string of the molecule is CN(Cc1ccc2ccccc2c1)Cc1nnc(-c2ccccc2Cl)o1. The third-order valence-corrected chi connectivity index (χ3v) is 4.57. The lowest BCUT2D eigenvalue weighted by Gasteiger charge is -2.14. The van der Waals surface area contributed by atoms with Gasteiger partial charge in [-0.1, -0.05) is 60.1 Å². The molecule has 5 heteroatoms. The molecule has 0 saturated carbocycles. The Bertz CT molecular complexity index is 1040. The minimum Gasteiger partial charge on any atom is -0.419 e. The lowest BCUT2D eigenvalue weighted by molar-refractivity contribution is 0.283. The number of aromatic nitrogens is 2. The Labute approximate surface area is 157 Å². The van der Waals surface area contributed by atoms with Crippen LogP contribution in [-0.2, 0) is 13.1 Å². The van der Waals surface area contributed by atoms with Crippen molar-refractivity contribution in [2.24, 2.45) is 0 Å². The van der Waals surface area contributed by atoms with Crippen LogP contribution >= 0.6 is 11.6 Å². The minimum atomic E-state index is 0.449. The molecular weight excluding hydrogens is 346 g/mol. The normalized spacial score (nSPS) is 11.3. The van der Waals surface area contributed by atoms with E-state index in [4.69, 9.17) is 16.0 Å². The van der Waals surface area contributed by atoms with Crippen LogP contribution < -0.4 is 0 Å². The zero-order valence-electron chi connectivity index (χ0n) is 14.4. The largest absolute Gasteiger partial charge is 0.419 e. The summed E-state index contributed by atoms with van der Waals surface area (Å²) in [6.45, 7) is 1.37. The lowest BCUT2D eigenvalue weighted by Crippen LogP contribution is -2.17. The summed E-state index contributed by atoms with van der Waals surface area (Å²) in [5.74, 6) is 1.02. The Morgan fingerprint density at radius 1 is 0.885 bits per heavy atom. The summed E-state index contributed by atoms with van der Waals surface area (Å²) in [4.78, 5) is 2.15. The highest BCUT2D eigenvalue weighted by atomic mass is 35.5. The summed E-state index contributed by atoms with van der Waals surface area (Å²) in [7, 11) is 2.04. The fourth-order valence-corrected chi connectivity index (χ4v) is 3.21. The molecule has 0 aliphatic carbocycles. The molecule has 0 amide bonds. The van der Waals surface area contributed by atoms with Crippen LogP contribution in [0.1, 0.15) is 11.5 Å². The summed E-state index contributed by atoms with van der Waals surface area (Å²) >= 11 is 6.19. The molecule has 0 unspecified atom stereocenters. The minimum absolute atomic E-state index is 0.449. The van der Waals surface area contributed by atoms with Gasteiger partial charge in [0.25, 0.3) is 0 Å². The van der Waals surface area contributed by atoms with Gasteiger partial charge in [0.05, 0.1) is 17.1 Å². The molecule has 0 radical (unpaired) electrons. The molecule has 0 bridgehead atoms. The first-order chi connectivity index (χ1) is 12.7. The Balaban J connectivity index is 1.46. The van der Waals surface area contributed by atoms with Crippen molar-refractivity contribution in [1.82, 2.24) is 15.1 Å². The van der Waals surface area contributed by atoms with E-state index in [1.807, 2.05) is 31.3 Å². The van der Waals surface area contributed by atoms with Gasteiger partial charge in [-0.2, -0.15) is 0 Å². The van der Waals surface area contributed by atoms with E-state index in [2.05, 4.69) is 57.6 Å². The maximum absolute atomic E-state index is 6.19. The molecule has 0 fully saturated rings. The highest BCUT2D eigenvalue weighted by Gasteiger charge is 2.13. The predicted octanol–water partition coefficient (Wildman–Crippen LogP) is 5.18. The first-order valence-electron chi connectivity index (χ1n) is 8.42. The Morgan fingerprint density at radius 2 is 1.65 bits per heavy atom. The average Bonchev–Trinajstić information content (AvgIpc) is 3.10. The fourth-order valence-electron chi connectivity index (χ4n) is 3.00. The van der Waals surface area contributed by atoms with E-state index in [9.17, 15) is 0 Å². The van der Waals surface area contributed by atoms with Gasteiger partial charge >= 0.3 is 0 Å². The van der Waals surface area contributed by atoms with Crippen LogP contribution in [-0.4, -0.2) is 22.1 Å². The number of halogens is 1. The molecule has 1 aromatic heterocycles. The lowest BCUT2D eigenvalue weighted by atomic mass is 10.1. The molecule has 0 saturated heterocycles. The molecule has 130 valence electrons. The van der Waals surface area contributed by atoms with E-state index in [0.29, 0.717) is 23.3 Å². The third kappa shape index (κ3) is 3.62.